The summed E-state index contributed by atoms with van der Waals surface area (Å²) in [6.07, 6.45) is 3.29. The van der Waals surface area contributed by atoms with Gasteiger partial charge in [0.25, 0.3) is 0 Å². The number of rotatable bonds is 8. The van der Waals surface area contributed by atoms with Crippen LogP contribution in [0.15, 0.2) is 0 Å². The van der Waals surface area contributed by atoms with Gasteiger partial charge in [0.2, 0.25) is 5.91 Å². The summed E-state index contributed by atoms with van der Waals surface area (Å²) in [5, 5.41) is 6.50. The summed E-state index contributed by atoms with van der Waals surface area (Å²) in [5.74, 6) is 1.06. The van der Waals surface area contributed by atoms with E-state index in [1.807, 2.05) is 0 Å². The highest BCUT2D eigenvalue weighted by molar-refractivity contribution is 5.79. The molecule has 0 aromatic carbocycles. The lowest BCUT2D eigenvalue weighted by Crippen LogP contribution is -2.47. The van der Waals surface area contributed by atoms with Gasteiger partial charge in [-0.2, -0.15) is 0 Å². The van der Waals surface area contributed by atoms with E-state index in [0.717, 1.165) is 52.0 Å². The highest BCUT2D eigenvalue weighted by atomic mass is 16.1. The van der Waals surface area contributed by atoms with E-state index in [1.165, 1.54) is 0 Å². The molecule has 2 unspecified atom stereocenters. The third-order valence-electron chi connectivity index (χ3n) is 4.25. The van der Waals surface area contributed by atoms with Gasteiger partial charge in [-0.1, -0.05) is 27.7 Å². The molecule has 1 aliphatic rings. The van der Waals surface area contributed by atoms with Crippen molar-refractivity contribution in [2.24, 2.45) is 11.8 Å². The van der Waals surface area contributed by atoms with Gasteiger partial charge in [0, 0.05) is 19.1 Å². The number of hydrogen-bond acceptors (Lipinski definition) is 3. The second-order valence-corrected chi connectivity index (χ2v) is 6.29. The molecule has 0 bridgehead atoms. The highest BCUT2D eigenvalue weighted by Crippen LogP contribution is 2.13. The Kier molecular flexibility index (Phi) is 8.15. The van der Waals surface area contributed by atoms with Crippen LogP contribution in [0.2, 0.25) is 0 Å². The molecule has 1 aliphatic heterocycles. The maximum Gasteiger partial charge on any atom is 0.224 e. The normalized spacial score (nSPS) is 21.2. The molecule has 4 heteroatoms. The molecule has 118 valence electrons. The lowest BCUT2D eigenvalue weighted by atomic mass is 9.98. The first-order valence-corrected chi connectivity index (χ1v) is 8.30. The van der Waals surface area contributed by atoms with E-state index < -0.39 is 0 Å². The molecule has 1 amide bonds. The van der Waals surface area contributed by atoms with E-state index in [-0.39, 0.29) is 11.8 Å². The van der Waals surface area contributed by atoms with Gasteiger partial charge >= 0.3 is 0 Å². The summed E-state index contributed by atoms with van der Waals surface area (Å²) in [7, 11) is 0. The molecule has 1 saturated heterocycles. The molecular weight excluding hydrogens is 250 g/mol. The van der Waals surface area contributed by atoms with Crippen LogP contribution in [0.4, 0.5) is 0 Å². The largest absolute Gasteiger partial charge is 0.354 e. The predicted molar refractivity (Wildman–Crippen MR) is 84.8 cm³/mol. The Morgan fingerprint density at radius 3 is 2.55 bits per heavy atom. The molecule has 2 N–H and O–H groups in total. The third kappa shape index (κ3) is 5.80. The molecule has 0 aliphatic carbocycles. The number of nitrogens with zero attached hydrogens (tertiary/aromatic N) is 1. The first-order valence-electron chi connectivity index (χ1n) is 8.30. The fourth-order valence-electron chi connectivity index (χ4n) is 3.08. The first kappa shape index (κ1) is 17.4. The molecule has 0 aromatic heterocycles. The van der Waals surface area contributed by atoms with Crippen molar-refractivity contribution in [3.05, 3.63) is 0 Å². The number of likely N-dealkylation sites (N-methyl/N-ethyl adjacent to an activating group) is 1. The van der Waals surface area contributed by atoms with Crippen LogP contribution in [-0.4, -0.2) is 49.6 Å². The van der Waals surface area contributed by atoms with Gasteiger partial charge in [-0.15, -0.1) is 0 Å². The van der Waals surface area contributed by atoms with Gasteiger partial charge in [0.05, 0.1) is 5.92 Å². The van der Waals surface area contributed by atoms with Crippen molar-refractivity contribution >= 4 is 5.91 Å². The zero-order chi connectivity index (χ0) is 15.0. The first-order chi connectivity index (χ1) is 9.58. The van der Waals surface area contributed by atoms with E-state index in [2.05, 4.69) is 43.2 Å². The Balaban J connectivity index is 2.45. The molecule has 1 fully saturated rings. The molecule has 0 spiro atoms. The van der Waals surface area contributed by atoms with Crippen LogP contribution in [0.5, 0.6) is 0 Å². The minimum atomic E-state index is 0.167. The van der Waals surface area contributed by atoms with E-state index in [9.17, 15) is 4.79 Å². The molecular formula is C16H33N3O. The van der Waals surface area contributed by atoms with Crippen molar-refractivity contribution in [1.82, 2.24) is 15.5 Å². The Morgan fingerprint density at radius 2 is 2.05 bits per heavy atom. The van der Waals surface area contributed by atoms with Crippen LogP contribution in [0.1, 0.15) is 47.0 Å². The van der Waals surface area contributed by atoms with Crippen molar-refractivity contribution in [3.8, 4) is 0 Å². The van der Waals surface area contributed by atoms with Crippen LogP contribution in [0.3, 0.4) is 0 Å². The predicted octanol–water partition coefficient (Wildman–Crippen LogP) is 1.86. The Labute approximate surface area is 124 Å². The van der Waals surface area contributed by atoms with Gasteiger partial charge in [0.15, 0.2) is 0 Å². The summed E-state index contributed by atoms with van der Waals surface area (Å²) in [5.41, 5.74) is 0. The van der Waals surface area contributed by atoms with Crippen molar-refractivity contribution in [3.63, 3.8) is 0 Å². The fourth-order valence-corrected chi connectivity index (χ4v) is 3.08. The van der Waals surface area contributed by atoms with Crippen molar-refractivity contribution in [1.29, 1.82) is 0 Å². The number of hydrogen-bond donors (Lipinski definition) is 2. The summed E-state index contributed by atoms with van der Waals surface area (Å²) >= 11 is 0. The van der Waals surface area contributed by atoms with Crippen LogP contribution >= 0.6 is 0 Å². The SMILES string of the molecule is CCN(CC)C(CNC(=O)C1CCCNC1)CC(C)C. The monoisotopic (exact) mass is 283 g/mol. The summed E-state index contributed by atoms with van der Waals surface area (Å²) in [6, 6.07) is 0.463. The number of nitrogens with one attached hydrogen (secondary N) is 2. The van der Waals surface area contributed by atoms with Crippen molar-refractivity contribution in [2.45, 2.75) is 53.0 Å². The minimum absolute atomic E-state index is 0.167. The molecule has 0 radical (unpaired) electrons. The second kappa shape index (κ2) is 9.35. The Bertz CT molecular complexity index is 271. The summed E-state index contributed by atoms with van der Waals surface area (Å²) in [6.45, 7) is 13.7. The molecule has 2 atom stereocenters. The minimum Gasteiger partial charge on any atom is -0.354 e. The molecule has 1 rings (SSSR count). The molecule has 0 saturated carbocycles. The maximum atomic E-state index is 12.2. The van der Waals surface area contributed by atoms with E-state index in [4.69, 9.17) is 0 Å². The van der Waals surface area contributed by atoms with E-state index in [0.29, 0.717) is 12.0 Å². The lowest BCUT2D eigenvalue weighted by molar-refractivity contribution is -0.125. The molecule has 4 nitrogen and oxygen atoms in total. The standard InChI is InChI=1S/C16H33N3O/c1-5-19(6-2)15(10-13(3)4)12-18-16(20)14-8-7-9-17-11-14/h13-15,17H,5-12H2,1-4H3,(H,18,20). The fraction of sp³-hybridized carbons (Fsp3) is 0.938. The third-order valence-corrected chi connectivity index (χ3v) is 4.25. The molecule has 20 heavy (non-hydrogen) atoms. The van der Waals surface area contributed by atoms with Crippen LogP contribution in [-0.2, 0) is 4.79 Å². The summed E-state index contributed by atoms with van der Waals surface area (Å²) < 4.78 is 0. The molecule has 0 aromatic rings. The maximum absolute atomic E-state index is 12.2. The van der Waals surface area contributed by atoms with Crippen molar-refractivity contribution < 1.29 is 4.79 Å². The lowest BCUT2D eigenvalue weighted by Gasteiger charge is -2.32. The van der Waals surface area contributed by atoms with Crippen LogP contribution in [0, 0.1) is 11.8 Å². The zero-order valence-corrected chi connectivity index (χ0v) is 13.7. The van der Waals surface area contributed by atoms with Crippen molar-refractivity contribution in [2.75, 3.05) is 32.7 Å². The molecule has 1 heterocycles. The quantitative estimate of drug-likeness (QED) is 0.714. The number of carbonyl (C=O) groups excluding carboxylic acids is 1. The summed E-state index contributed by atoms with van der Waals surface area (Å²) in [4.78, 5) is 14.7. The van der Waals surface area contributed by atoms with Gasteiger partial charge in [0.1, 0.15) is 0 Å². The Morgan fingerprint density at radius 1 is 1.35 bits per heavy atom. The van der Waals surface area contributed by atoms with E-state index in [1.54, 1.807) is 0 Å². The van der Waals surface area contributed by atoms with Gasteiger partial charge in [-0.3, -0.25) is 9.69 Å². The smallest absolute Gasteiger partial charge is 0.224 e. The number of amides is 1. The van der Waals surface area contributed by atoms with E-state index >= 15 is 0 Å². The van der Waals surface area contributed by atoms with Gasteiger partial charge in [-0.25, -0.2) is 0 Å². The average Bonchev–Trinajstić information content (AvgIpc) is 2.45. The Hall–Kier alpha value is -0.610. The highest BCUT2D eigenvalue weighted by Gasteiger charge is 2.23. The number of piperidine rings is 1. The van der Waals surface area contributed by atoms with Gasteiger partial charge < -0.3 is 10.6 Å². The topological polar surface area (TPSA) is 44.4 Å². The zero-order valence-electron chi connectivity index (χ0n) is 13.7. The van der Waals surface area contributed by atoms with Crippen LogP contribution in [0.25, 0.3) is 0 Å². The van der Waals surface area contributed by atoms with Crippen LogP contribution < -0.4 is 10.6 Å². The second-order valence-electron chi connectivity index (χ2n) is 6.29. The average molecular weight is 283 g/mol. The number of carbonyl (C=O) groups is 1. The van der Waals surface area contributed by atoms with Gasteiger partial charge in [-0.05, 0) is 44.8 Å².